The lowest BCUT2D eigenvalue weighted by Gasteiger charge is -2.61. The van der Waals surface area contributed by atoms with E-state index in [2.05, 4.69) is 20.8 Å². The first-order valence-corrected chi connectivity index (χ1v) is 11.6. The maximum Gasteiger partial charge on any atom is 0.303 e. The maximum absolute atomic E-state index is 11.1. The van der Waals surface area contributed by atoms with Gasteiger partial charge in [-0.2, -0.15) is 0 Å². The van der Waals surface area contributed by atoms with Crippen molar-refractivity contribution in [3.05, 3.63) is 0 Å². The van der Waals surface area contributed by atoms with Crippen LogP contribution < -0.4 is 0 Å². The Balaban J connectivity index is 1.56. The lowest BCUT2D eigenvalue weighted by Crippen LogP contribution is -2.57. The number of hydrogen-bond acceptors (Lipinski definition) is 3. The highest BCUT2D eigenvalue weighted by Crippen LogP contribution is 2.67. The molecule has 0 amide bonds. The maximum atomic E-state index is 11.1. The molecule has 4 nitrogen and oxygen atoms in total. The van der Waals surface area contributed by atoms with E-state index in [1.54, 1.807) is 0 Å². The lowest BCUT2D eigenvalue weighted by molar-refractivity contribution is -0.137. The summed E-state index contributed by atoms with van der Waals surface area (Å²) in [6.07, 6.45) is 9.60. The Morgan fingerprint density at radius 3 is 2.54 bits per heavy atom. The number of carboxylic acid groups (broad SMARTS) is 1. The number of hydrogen-bond donors (Lipinski definition) is 3. The van der Waals surface area contributed by atoms with Crippen molar-refractivity contribution in [3.8, 4) is 0 Å². The second-order valence-corrected chi connectivity index (χ2v) is 11.2. The standard InChI is InChI=1S/C24H39NO3/c1-14(4-7-21(27)28)17-5-6-18-22-19(9-11-24(17,18)3)23(2)10-8-16(26)12-15(23)13-20(22)25/h14-19,22,25-26H,4-13H2,1-3H3,(H,27,28)/t14-,15?,16-,17?,18?,19?,22?,23?,24?/m1/s1. The summed E-state index contributed by atoms with van der Waals surface area (Å²) in [6, 6.07) is 0. The first kappa shape index (κ1) is 20.4. The molecule has 0 aromatic heterocycles. The zero-order chi connectivity index (χ0) is 20.3. The van der Waals surface area contributed by atoms with Crippen LogP contribution in [0, 0.1) is 51.7 Å². The van der Waals surface area contributed by atoms with Crippen LogP contribution in [0.25, 0.3) is 0 Å². The van der Waals surface area contributed by atoms with Gasteiger partial charge in [0.15, 0.2) is 0 Å². The molecule has 4 saturated carbocycles. The second-order valence-electron chi connectivity index (χ2n) is 11.2. The summed E-state index contributed by atoms with van der Waals surface area (Å²) in [5.74, 6) is 2.49. The first-order chi connectivity index (χ1) is 13.2. The molecular formula is C24H39NO3. The minimum absolute atomic E-state index is 0.165. The van der Waals surface area contributed by atoms with Crippen LogP contribution in [0.15, 0.2) is 0 Å². The Morgan fingerprint density at radius 2 is 1.82 bits per heavy atom. The molecule has 4 heteroatoms. The predicted octanol–water partition coefficient (Wildman–Crippen LogP) is 5.14. The third kappa shape index (κ3) is 3.05. The lowest BCUT2D eigenvalue weighted by atomic mass is 9.44. The van der Waals surface area contributed by atoms with Gasteiger partial charge in [0, 0.05) is 18.1 Å². The number of nitrogens with one attached hydrogen (secondary N) is 1. The van der Waals surface area contributed by atoms with Gasteiger partial charge in [0.25, 0.3) is 0 Å². The van der Waals surface area contributed by atoms with Gasteiger partial charge in [-0.05, 0) is 98.2 Å². The summed E-state index contributed by atoms with van der Waals surface area (Å²) in [4.78, 5) is 11.1. The molecular weight excluding hydrogens is 350 g/mol. The number of aliphatic hydroxyl groups is 1. The smallest absolute Gasteiger partial charge is 0.303 e. The van der Waals surface area contributed by atoms with Gasteiger partial charge in [-0.3, -0.25) is 4.79 Å². The van der Waals surface area contributed by atoms with E-state index in [-0.39, 0.29) is 17.9 Å². The van der Waals surface area contributed by atoms with Gasteiger partial charge in [0.1, 0.15) is 0 Å². The third-order valence-corrected chi connectivity index (χ3v) is 10.1. The summed E-state index contributed by atoms with van der Waals surface area (Å²) in [7, 11) is 0. The van der Waals surface area contributed by atoms with Crippen LogP contribution in [0.3, 0.4) is 0 Å². The number of aliphatic carboxylic acids is 1. The predicted molar refractivity (Wildman–Crippen MR) is 110 cm³/mol. The number of rotatable bonds is 4. The highest BCUT2D eigenvalue weighted by atomic mass is 16.4. The molecule has 0 saturated heterocycles. The zero-order valence-corrected chi connectivity index (χ0v) is 17.9. The first-order valence-electron chi connectivity index (χ1n) is 11.6. The van der Waals surface area contributed by atoms with E-state index in [1.165, 1.54) is 25.7 Å². The number of carboxylic acids is 1. The molecule has 4 aliphatic rings. The van der Waals surface area contributed by atoms with Gasteiger partial charge in [0.2, 0.25) is 0 Å². The van der Waals surface area contributed by atoms with Crippen molar-refractivity contribution >= 4 is 11.7 Å². The van der Waals surface area contributed by atoms with Gasteiger partial charge in [-0.15, -0.1) is 0 Å². The fourth-order valence-electron chi connectivity index (χ4n) is 8.50. The SMILES string of the molecule is C[C@H](CCC(=O)O)C1CCC2C3C(=N)CC4C[C@H](O)CCC4(C)C3CCC21C. The van der Waals surface area contributed by atoms with Crippen LogP contribution in [0.1, 0.15) is 85.0 Å². The summed E-state index contributed by atoms with van der Waals surface area (Å²) in [5.41, 5.74) is 1.53. The quantitative estimate of drug-likeness (QED) is 0.623. The summed E-state index contributed by atoms with van der Waals surface area (Å²) in [6.45, 7) is 7.20. The van der Waals surface area contributed by atoms with Crippen LogP contribution in [-0.4, -0.2) is 28.0 Å². The van der Waals surface area contributed by atoms with Gasteiger partial charge in [0.05, 0.1) is 6.10 Å². The molecule has 0 heterocycles. The van der Waals surface area contributed by atoms with E-state index in [1.807, 2.05) is 0 Å². The normalized spacial score (nSPS) is 49.1. The van der Waals surface area contributed by atoms with E-state index < -0.39 is 5.97 Å². The van der Waals surface area contributed by atoms with Crippen molar-refractivity contribution in [1.82, 2.24) is 0 Å². The van der Waals surface area contributed by atoms with Crippen LogP contribution >= 0.6 is 0 Å². The van der Waals surface area contributed by atoms with Crippen LogP contribution in [0.4, 0.5) is 0 Å². The Labute approximate surface area is 170 Å². The Hall–Kier alpha value is -0.900. The van der Waals surface area contributed by atoms with Gasteiger partial charge >= 0.3 is 5.97 Å². The number of fused-ring (bicyclic) bond motifs is 5. The molecule has 28 heavy (non-hydrogen) atoms. The number of aliphatic hydroxyl groups excluding tert-OH is 1. The van der Waals surface area contributed by atoms with Gasteiger partial charge < -0.3 is 15.6 Å². The highest BCUT2D eigenvalue weighted by Gasteiger charge is 2.62. The second kappa shape index (κ2) is 7.11. The van der Waals surface area contributed by atoms with Crippen molar-refractivity contribution < 1.29 is 15.0 Å². The van der Waals surface area contributed by atoms with Gasteiger partial charge in [-0.1, -0.05) is 20.8 Å². The molecule has 7 unspecified atom stereocenters. The highest BCUT2D eigenvalue weighted by molar-refractivity contribution is 5.86. The van der Waals surface area contributed by atoms with Crippen molar-refractivity contribution in [3.63, 3.8) is 0 Å². The minimum atomic E-state index is -0.678. The molecule has 0 spiro atoms. The molecule has 158 valence electrons. The van der Waals surface area contributed by atoms with Crippen LogP contribution in [0.2, 0.25) is 0 Å². The molecule has 0 radical (unpaired) electrons. The van der Waals surface area contributed by atoms with E-state index in [4.69, 9.17) is 10.5 Å². The topological polar surface area (TPSA) is 81.4 Å². The van der Waals surface area contributed by atoms with Crippen LogP contribution in [-0.2, 0) is 4.79 Å². The van der Waals surface area contributed by atoms with E-state index in [0.29, 0.717) is 40.9 Å². The molecule has 4 rings (SSSR count). The molecule has 9 atom stereocenters. The summed E-state index contributed by atoms with van der Waals surface area (Å²) in [5, 5.41) is 28.3. The molecule has 4 fully saturated rings. The minimum Gasteiger partial charge on any atom is -0.481 e. The molecule has 0 aliphatic heterocycles. The summed E-state index contributed by atoms with van der Waals surface area (Å²) < 4.78 is 0. The van der Waals surface area contributed by atoms with Crippen molar-refractivity contribution in [2.45, 2.75) is 91.1 Å². The largest absolute Gasteiger partial charge is 0.481 e. The van der Waals surface area contributed by atoms with Crippen molar-refractivity contribution in [1.29, 1.82) is 5.41 Å². The molecule has 3 N–H and O–H groups in total. The molecule has 0 bridgehead atoms. The van der Waals surface area contributed by atoms with E-state index in [0.717, 1.165) is 37.8 Å². The Kier molecular flexibility index (Phi) is 5.17. The summed E-state index contributed by atoms with van der Waals surface area (Å²) >= 11 is 0. The van der Waals surface area contributed by atoms with E-state index >= 15 is 0 Å². The number of carbonyl (C=O) groups is 1. The fourth-order valence-corrected chi connectivity index (χ4v) is 8.50. The monoisotopic (exact) mass is 389 g/mol. The Bertz CT molecular complexity index is 648. The average molecular weight is 390 g/mol. The zero-order valence-electron chi connectivity index (χ0n) is 17.9. The average Bonchev–Trinajstić information content (AvgIpc) is 2.98. The third-order valence-electron chi connectivity index (χ3n) is 10.1. The van der Waals surface area contributed by atoms with E-state index in [9.17, 15) is 9.90 Å². The van der Waals surface area contributed by atoms with Crippen LogP contribution in [0.5, 0.6) is 0 Å². The van der Waals surface area contributed by atoms with Crippen molar-refractivity contribution in [2.24, 2.45) is 46.3 Å². The van der Waals surface area contributed by atoms with Crippen molar-refractivity contribution in [2.75, 3.05) is 0 Å². The molecule has 0 aromatic carbocycles. The van der Waals surface area contributed by atoms with Gasteiger partial charge in [-0.25, -0.2) is 0 Å². The molecule has 0 aromatic rings. The fraction of sp³-hybridized carbons (Fsp3) is 0.917. The Morgan fingerprint density at radius 1 is 1.14 bits per heavy atom. The molecule has 4 aliphatic carbocycles.